The Balaban J connectivity index is 2.06. The van der Waals surface area contributed by atoms with E-state index in [1.165, 1.54) is 11.3 Å². The molecule has 1 aromatic carbocycles. The Morgan fingerprint density at radius 1 is 1.29 bits per heavy atom. The molecule has 0 saturated heterocycles. The zero-order valence-corrected chi connectivity index (χ0v) is 13.7. The van der Waals surface area contributed by atoms with E-state index in [4.69, 9.17) is 0 Å². The summed E-state index contributed by atoms with van der Waals surface area (Å²) in [7, 11) is -3.50. The molecule has 2 N–H and O–H groups in total. The quantitative estimate of drug-likeness (QED) is 0.818. The highest BCUT2D eigenvalue weighted by atomic mass is 32.2. The highest BCUT2D eigenvalue weighted by Crippen LogP contribution is 2.13. The lowest BCUT2D eigenvalue weighted by atomic mass is 10.2. The number of rotatable bonds is 7. The summed E-state index contributed by atoms with van der Waals surface area (Å²) in [5.41, 5.74) is 2.63. The van der Waals surface area contributed by atoms with E-state index in [9.17, 15) is 8.42 Å². The molecule has 0 fully saturated rings. The van der Waals surface area contributed by atoms with E-state index in [-0.39, 0.29) is 11.4 Å². The van der Waals surface area contributed by atoms with E-state index in [0.717, 1.165) is 10.4 Å². The van der Waals surface area contributed by atoms with Gasteiger partial charge in [-0.05, 0) is 17.7 Å². The van der Waals surface area contributed by atoms with E-state index >= 15 is 0 Å². The van der Waals surface area contributed by atoms with Crippen LogP contribution in [0.2, 0.25) is 0 Å². The Bertz CT molecular complexity index is 667. The van der Waals surface area contributed by atoms with Crippen molar-refractivity contribution in [1.82, 2.24) is 15.0 Å². The van der Waals surface area contributed by atoms with Crippen molar-refractivity contribution >= 4 is 21.4 Å². The predicted octanol–water partition coefficient (Wildman–Crippen LogP) is 2.12. The summed E-state index contributed by atoms with van der Waals surface area (Å²) >= 11 is 1.43. The van der Waals surface area contributed by atoms with Gasteiger partial charge < -0.3 is 5.32 Å². The maximum atomic E-state index is 12.3. The number of sulfonamides is 1. The number of benzene rings is 1. The lowest BCUT2D eigenvalue weighted by molar-refractivity contribution is 0.579. The molecule has 0 radical (unpaired) electrons. The second-order valence-electron chi connectivity index (χ2n) is 4.98. The van der Waals surface area contributed by atoms with E-state index in [1.54, 1.807) is 29.9 Å². The Labute approximate surface area is 129 Å². The number of nitrogens with zero attached hydrogens (tertiary/aromatic N) is 1. The van der Waals surface area contributed by atoms with Gasteiger partial charge in [0.05, 0.1) is 10.4 Å². The lowest BCUT2D eigenvalue weighted by Crippen LogP contribution is -2.24. The molecule has 2 rings (SSSR count). The Kier molecular flexibility index (Phi) is 5.46. The molecule has 0 aliphatic carbocycles. The van der Waals surface area contributed by atoms with Crippen LogP contribution in [-0.4, -0.2) is 19.4 Å². The monoisotopic (exact) mass is 325 g/mol. The molecule has 0 amide bonds. The van der Waals surface area contributed by atoms with Gasteiger partial charge in [-0.15, -0.1) is 11.3 Å². The molecule has 0 bridgehead atoms. The number of nitrogens with one attached hydrogen (secondary N) is 2. The third kappa shape index (κ3) is 4.89. The molecule has 0 atom stereocenters. The minimum Gasteiger partial charge on any atom is -0.310 e. The van der Waals surface area contributed by atoms with Crippen molar-refractivity contribution in [2.75, 3.05) is 0 Å². The van der Waals surface area contributed by atoms with Gasteiger partial charge in [0.1, 0.15) is 0 Å². The Morgan fingerprint density at radius 3 is 2.76 bits per heavy atom. The normalized spacial score (nSPS) is 12.0. The van der Waals surface area contributed by atoms with Gasteiger partial charge in [0.15, 0.2) is 0 Å². The van der Waals surface area contributed by atoms with Crippen molar-refractivity contribution in [3.8, 4) is 0 Å². The first-order chi connectivity index (χ1) is 9.97. The Morgan fingerprint density at radius 2 is 2.10 bits per heavy atom. The smallest absolute Gasteiger partial charge is 0.240 e. The second-order valence-corrected chi connectivity index (χ2v) is 7.71. The molecule has 0 saturated carbocycles. The molecule has 1 aromatic heterocycles. The van der Waals surface area contributed by atoms with Gasteiger partial charge in [0.25, 0.3) is 0 Å². The van der Waals surface area contributed by atoms with Gasteiger partial charge in [-0.25, -0.2) is 13.1 Å². The summed E-state index contributed by atoms with van der Waals surface area (Å²) < 4.78 is 27.1. The van der Waals surface area contributed by atoms with E-state index in [1.807, 2.05) is 6.07 Å². The predicted molar refractivity (Wildman–Crippen MR) is 84.6 cm³/mol. The molecular weight excluding hydrogens is 306 g/mol. The van der Waals surface area contributed by atoms with Gasteiger partial charge >= 0.3 is 0 Å². The van der Waals surface area contributed by atoms with E-state index in [0.29, 0.717) is 12.6 Å². The van der Waals surface area contributed by atoms with Crippen molar-refractivity contribution in [2.45, 2.75) is 37.9 Å². The molecule has 0 unspecified atom stereocenters. The largest absolute Gasteiger partial charge is 0.310 e. The van der Waals surface area contributed by atoms with E-state index < -0.39 is 10.0 Å². The summed E-state index contributed by atoms with van der Waals surface area (Å²) in [6, 6.07) is 7.34. The zero-order valence-electron chi connectivity index (χ0n) is 12.0. The summed E-state index contributed by atoms with van der Waals surface area (Å²) in [5, 5.41) is 3.27. The van der Waals surface area contributed by atoms with Crippen LogP contribution in [0.3, 0.4) is 0 Å². The topological polar surface area (TPSA) is 71.1 Å². The van der Waals surface area contributed by atoms with Crippen molar-refractivity contribution in [3.05, 3.63) is 46.4 Å². The first-order valence-electron chi connectivity index (χ1n) is 6.67. The minimum atomic E-state index is -3.50. The number of aromatic nitrogens is 1. The van der Waals surface area contributed by atoms with Crippen LogP contribution in [-0.2, 0) is 23.1 Å². The first kappa shape index (κ1) is 16.1. The number of thiazole rings is 1. The van der Waals surface area contributed by atoms with Crippen LogP contribution < -0.4 is 10.0 Å². The summed E-state index contributed by atoms with van der Waals surface area (Å²) in [5.74, 6) is 0. The molecule has 1 heterocycles. The molecule has 21 heavy (non-hydrogen) atoms. The maximum Gasteiger partial charge on any atom is 0.240 e. The van der Waals surface area contributed by atoms with Crippen LogP contribution in [0, 0.1) is 0 Å². The first-order valence-corrected chi connectivity index (χ1v) is 9.03. The second kappa shape index (κ2) is 7.13. The van der Waals surface area contributed by atoms with Gasteiger partial charge in [0, 0.05) is 30.2 Å². The summed E-state index contributed by atoms with van der Waals surface area (Å²) in [6.07, 6.45) is 1.66. The van der Waals surface area contributed by atoms with Crippen molar-refractivity contribution in [1.29, 1.82) is 0 Å². The summed E-state index contributed by atoms with van der Waals surface area (Å²) in [4.78, 5) is 5.10. The van der Waals surface area contributed by atoms with Gasteiger partial charge in [-0.1, -0.05) is 26.0 Å². The van der Waals surface area contributed by atoms with Crippen LogP contribution in [0.25, 0.3) is 0 Å². The van der Waals surface area contributed by atoms with Gasteiger partial charge in [-0.2, -0.15) is 0 Å². The fraction of sp³-hybridized carbons (Fsp3) is 0.357. The maximum absolute atomic E-state index is 12.3. The fourth-order valence-electron chi connectivity index (χ4n) is 1.72. The van der Waals surface area contributed by atoms with Gasteiger partial charge in [-0.3, -0.25) is 4.98 Å². The van der Waals surface area contributed by atoms with Crippen molar-refractivity contribution in [2.24, 2.45) is 0 Å². The number of hydrogen-bond donors (Lipinski definition) is 2. The highest BCUT2D eigenvalue weighted by molar-refractivity contribution is 7.89. The molecule has 0 aliphatic rings. The highest BCUT2D eigenvalue weighted by Gasteiger charge is 2.14. The van der Waals surface area contributed by atoms with Crippen molar-refractivity contribution in [3.63, 3.8) is 0 Å². The zero-order chi connectivity index (χ0) is 15.3. The average Bonchev–Trinajstić information content (AvgIpc) is 2.97. The molecule has 114 valence electrons. The molecule has 5 nitrogen and oxygen atoms in total. The SMILES string of the molecule is CC(C)NCc1cccc(S(=O)(=O)NCc2cncs2)c1. The lowest BCUT2D eigenvalue weighted by Gasteiger charge is -2.10. The van der Waals surface area contributed by atoms with Crippen LogP contribution >= 0.6 is 11.3 Å². The minimum absolute atomic E-state index is 0.265. The molecule has 2 aromatic rings. The van der Waals surface area contributed by atoms with Crippen molar-refractivity contribution < 1.29 is 8.42 Å². The number of hydrogen-bond acceptors (Lipinski definition) is 5. The molecular formula is C14H19N3O2S2. The standard InChI is InChI=1S/C14H19N3O2S2/c1-11(2)16-7-12-4-3-5-14(6-12)21(18,19)17-9-13-8-15-10-20-13/h3-6,8,10-11,16-17H,7,9H2,1-2H3. The third-order valence-electron chi connectivity index (χ3n) is 2.84. The Hall–Kier alpha value is -1.28. The van der Waals surface area contributed by atoms with Crippen LogP contribution in [0.15, 0.2) is 40.9 Å². The third-order valence-corrected chi connectivity index (χ3v) is 5.02. The van der Waals surface area contributed by atoms with Crippen LogP contribution in [0.4, 0.5) is 0 Å². The average molecular weight is 325 g/mol. The van der Waals surface area contributed by atoms with E-state index in [2.05, 4.69) is 28.9 Å². The molecule has 7 heteroatoms. The van der Waals surface area contributed by atoms with Crippen LogP contribution in [0.1, 0.15) is 24.3 Å². The molecule has 0 spiro atoms. The van der Waals surface area contributed by atoms with Crippen LogP contribution in [0.5, 0.6) is 0 Å². The fourth-order valence-corrected chi connectivity index (χ4v) is 3.43. The summed E-state index contributed by atoms with van der Waals surface area (Å²) in [6.45, 7) is 5.02. The molecule has 0 aliphatic heterocycles. The van der Waals surface area contributed by atoms with Gasteiger partial charge in [0.2, 0.25) is 10.0 Å².